The topological polar surface area (TPSA) is 29.5 Å². The van der Waals surface area contributed by atoms with E-state index in [1.807, 2.05) is 0 Å². The molecule has 4 heteroatoms. The van der Waals surface area contributed by atoms with E-state index in [1.165, 1.54) is 77.0 Å². The van der Waals surface area contributed by atoms with Crippen molar-refractivity contribution in [2.24, 2.45) is 0 Å². The molecular weight excluding hydrogens is 402 g/mol. The molecule has 0 aliphatic heterocycles. The average molecular weight is 449 g/mol. The normalized spacial score (nSPS) is 11.3. The number of esters is 1. The van der Waals surface area contributed by atoms with E-state index >= 15 is 0 Å². The summed E-state index contributed by atoms with van der Waals surface area (Å²) < 4.78 is 5.41. The van der Waals surface area contributed by atoms with Crippen LogP contribution in [-0.2, 0) is 9.53 Å². The Kier molecular flexibility index (Phi) is 22.1. The molecule has 0 saturated heterocycles. The maximum absolute atomic E-state index is 12.0. The smallest absolute Gasteiger partial charge is 0.307 e. The van der Waals surface area contributed by atoms with Crippen LogP contribution in [0.1, 0.15) is 110 Å². The second-order valence-corrected chi connectivity index (χ2v) is 8.54. The van der Waals surface area contributed by atoms with Crippen molar-refractivity contribution in [3.63, 3.8) is 0 Å². The van der Waals surface area contributed by atoms with Gasteiger partial charge in [0.05, 0.1) is 13.0 Å². The monoisotopic (exact) mass is 447 g/mol. The maximum Gasteiger partial charge on any atom is 0.307 e. The van der Waals surface area contributed by atoms with Crippen molar-refractivity contribution in [2.45, 2.75) is 110 Å². The van der Waals surface area contributed by atoms with Crippen molar-refractivity contribution in [3.8, 4) is 0 Å². The van der Waals surface area contributed by atoms with E-state index in [1.54, 1.807) is 0 Å². The Balaban J connectivity index is 3.89. The Morgan fingerprint density at radius 2 is 1.22 bits per heavy atom. The first-order valence-electron chi connectivity index (χ1n) is 11.7. The van der Waals surface area contributed by atoms with Gasteiger partial charge in [0.2, 0.25) is 0 Å². The first-order chi connectivity index (χ1) is 13.2. The Morgan fingerprint density at radius 3 is 1.85 bits per heavy atom. The third kappa shape index (κ3) is 20.5. The zero-order chi connectivity index (χ0) is 20.0. The Bertz CT molecular complexity index is 313. The quantitative estimate of drug-likeness (QED) is 0.106. The van der Waals surface area contributed by atoms with Gasteiger partial charge in [-0.25, -0.2) is 0 Å². The summed E-state index contributed by atoms with van der Waals surface area (Å²) in [5, 5.41) is 1.07. The number of alkyl halides is 1. The van der Waals surface area contributed by atoms with Crippen molar-refractivity contribution in [3.05, 3.63) is 0 Å². The molecule has 0 rings (SSSR count). The van der Waals surface area contributed by atoms with E-state index in [0.29, 0.717) is 13.0 Å². The summed E-state index contributed by atoms with van der Waals surface area (Å²) in [4.78, 5) is 14.5. The van der Waals surface area contributed by atoms with Crippen LogP contribution < -0.4 is 0 Å². The number of halogens is 1. The molecule has 0 unspecified atom stereocenters. The van der Waals surface area contributed by atoms with Crippen molar-refractivity contribution in [1.29, 1.82) is 0 Å². The van der Waals surface area contributed by atoms with Gasteiger partial charge in [0.25, 0.3) is 0 Å². The number of ether oxygens (including phenoxy) is 1. The molecule has 162 valence electrons. The Morgan fingerprint density at radius 1 is 0.704 bits per heavy atom. The third-order valence-corrected chi connectivity index (χ3v) is 5.64. The van der Waals surface area contributed by atoms with E-state index in [2.05, 4.69) is 34.7 Å². The first kappa shape index (κ1) is 26.9. The molecule has 27 heavy (non-hydrogen) atoms. The first-order valence-corrected chi connectivity index (χ1v) is 12.8. The zero-order valence-corrected chi connectivity index (χ0v) is 19.9. The number of carbonyl (C=O) groups is 1. The second kappa shape index (κ2) is 22.2. The largest absolute Gasteiger partial charge is 0.466 e. The molecular formula is C23H46BrNO2. The maximum atomic E-state index is 12.0. The molecule has 0 bridgehead atoms. The summed E-state index contributed by atoms with van der Waals surface area (Å²) in [5.41, 5.74) is 0. The lowest BCUT2D eigenvalue weighted by molar-refractivity contribution is -0.144. The highest BCUT2D eigenvalue weighted by molar-refractivity contribution is 9.09. The predicted octanol–water partition coefficient (Wildman–Crippen LogP) is 7.12. The summed E-state index contributed by atoms with van der Waals surface area (Å²) in [7, 11) is 0. The van der Waals surface area contributed by atoms with E-state index in [-0.39, 0.29) is 5.97 Å². The van der Waals surface area contributed by atoms with Crippen LogP contribution in [0.25, 0.3) is 0 Å². The van der Waals surface area contributed by atoms with Gasteiger partial charge in [0.15, 0.2) is 0 Å². The lowest BCUT2D eigenvalue weighted by Crippen LogP contribution is -2.29. The number of nitrogens with zero attached hydrogens (tertiary/aromatic N) is 1. The lowest BCUT2D eigenvalue weighted by Gasteiger charge is -2.22. The number of rotatable bonds is 21. The Hall–Kier alpha value is -0.0900. The fourth-order valence-electron chi connectivity index (χ4n) is 3.27. The molecule has 0 aromatic heterocycles. The van der Waals surface area contributed by atoms with Crippen LogP contribution in [0.15, 0.2) is 0 Å². The second-order valence-electron chi connectivity index (χ2n) is 7.74. The Labute approximate surface area is 178 Å². The molecule has 0 amide bonds. The molecule has 0 aliphatic rings. The molecule has 3 nitrogen and oxygen atoms in total. The highest BCUT2D eigenvalue weighted by Gasteiger charge is 2.09. The molecule has 0 heterocycles. The molecule has 0 spiro atoms. The van der Waals surface area contributed by atoms with Crippen molar-refractivity contribution >= 4 is 21.9 Å². The van der Waals surface area contributed by atoms with Gasteiger partial charge >= 0.3 is 5.97 Å². The summed E-state index contributed by atoms with van der Waals surface area (Å²) in [5.74, 6) is -0.0167. The molecule has 0 atom stereocenters. The molecule has 0 N–H and O–H groups in total. The minimum absolute atomic E-state index is 0.0167. The van der Waals surface area contributed by atoms with Gasteiger partial charge in [0.1, 0.15) is 0 Å². The SMILES string of the molecule is CCCCCCCCN(CCCCCC)CCC(=O)OCCCCCCBr. The highest BCUT2D eigenvalue weighted by atomic mass is 79.9. The average Bonchev–Trinajstić information content (AvgIpc) is 2.67. The van der Waals surface area contributed by atoms with E-state index < -0.39 is 0 Å². The van der Waals surface area contributed by atoms with Crippen LogP contribution in [0.5, 0.6) is 0 Å². The number of hydrogen-bond acceptors (Lipinski definition) is 3. The van der Waals surface area contributed by atoms with Gasteiger partial charge in [-0.3, -0.25) is 4.79 Å². The summed E-state index contributed by atoms with van der Waals surface area (Å²) in [6.07, 6.45) is 18.3. The molecule has 0 radical (unpaired) electrons. The predicted molar refractivity (Wildman–Crippen MR) is 122 cm³/mol. The molecule has 0 aromatic rings. The van der Waals surface area contributed by atoms with Gasteiger partial charge in [0, 0.05) is 11.9 Å². The van der Waals surface area contributed by atoms with Gasteiger partial charge in [-0.05, 0) is 38.8 Å². The number of unbranched alkanes of at least 4 members (excludes halogenated alkanes) is 11. The highest BCUT2D eigenvalue weighted by Crippen LogP contribution is 2.09. The summed E-state index contributed by atoms with van der Waals surface area (Å²) in [6, 6.07) is 0. The van der Waals surface area contributed by atoms with Crippen LogP contribution in [0.4, 0.5) is 0 Å². The van der Waals surface area contributed by atoms with Gasteiger partial charge in [-0.2, -0.15) is 0 Å². The van der Waals surface area contributed by atoms with Crippen LogP contribution in [0, 0.1) is 0 Å². The summed E-state index contributed by atoms with van der Waals surface area (Å²) in [6.45, 7) is 8.25. The minimum atomic E-state index is -0.0167. The van der Waals surface area contributed by atoms with Crippen molar-refractivity contribution in [1.82, 2.24) is 4.90 Å². The standard InChI is InChI=1S/C23H46BrNO2/c1-3-5-7-9-11-15-20-25(19-14-8-6-4-2)21-17-23(26)27-22-16-12-10-13-18-24/h3-22H2,1-2H3. The van der Waals surface area contributed by atoms with E-state index in [9.17, 15) is 4.79 Å². The number of carbonyl (C=O) groups excluding carboxylic acids is 1. The van der Waals surface area contributed by atoms with Crippen molar-refractivity contribution < 1.29 is 9.53 Å². The fraction of sp³-hybridized carbons (Fsp3) is 0.957. The van der Waals surface area contributed by atoms with Gasteiger partial charge < -0.3 is 9.64 Å². The zero-order valence-electron chi connectivity index (χ0n) is 18.3. The van der Waals surface area contributed by atoms with Crippen LogP contribution in [0.2, 0.25) is 0 Å². The summed E-state index contributed by atoms with van der Waals surface area (Å²) >= 11 is 3.45. The minimum Gasteiger partial charge on any atom is -0.466 e. The molecule has 0 saturated carbocycles. The fourth-order valence-corrected chi connectivity index (χ4v) is 3.67. The van der Waals surface area contributed by atoms with Crippen LogP contribution >= 0.6 is 15.9 Å². The lowest BCUT2D eigenvalue weighted by atomic mass is 10.1. The van der Waals surface area contributed by atoms with Gasteiger partial charge in [-0.15, -0.1) is 0 Å². The molecule has 0 aliphatic carbocycles. The van der Waals surface area contributed by atoms with Crippen molar-refractivity contribution in [2.75, 3.05) is 31.6 Å². The van der Waals surface area contributed by atoms with Gasteiger partial charge in [-0.1, -0.05) is 94.0 Å². The third-order valence-electron chi connectivity index (χ3n) is 5.08. The van der Waals surface area contributed by atoms with E-state index in [4.69, 9.17) is 4.74 Å². The number of hydrogen-bond donors (Lipinski definition) is 0. The molecule has 0 aromatic carbocycles. The molecule has 0 fully saturated rings. The van der Waals surface area contributed by atoms with Crippen LogP contribution in [0.3, 0.4) is 0 Å². The van der Waals surface area contributed by atoms with E-state index in [0.717, 1.165) is 37.8 Å². The van der Waals surface area contributed by atoms with Crippen LogP contribution in [-0.4, -0.2) is 42.4 Å².